The first-order valence-electron chi connectivity index (χ1n) is 7.97. The maximum absolute atomic E-state index is 12.9. The van der Waals surface area contributed by atoms with E-state index >= 15 is 0 Å². The minimum absolute atomic E-state index is 0. The molecule has 1 aromatic carbocycles. The van der Waals surface area contributed by atoms with Crippen LogP contribution in [-0.2, 0) is 0 Å². The normalized spacial score (nSPS) is 23.2. The van der Waals surface area contributed by atoms with Gasteiger partial charge in [0, 0.05) is 24.8 Å². The number of carbonyl (C=O) groups is 1. The summed E-state index contributed by atoms with van der Waals surface area (Å²) in [7, 11) is 0. The zero-order valence-electron chi connectivity index (χ0n) is 12.9. The molecular weight excluding hydrogens is 312 g/mol. The molecule has 2 atom stereocenters. The Kier molecular flexibility index (Phi) is 4.68. The van der Waals surface area contributed by atoms with Gasteiger partial charge < -0.3 is 10.2 Å². The molecule has 0 saturated carbocycles. The summed E-state index contributed by atoms with van der Waals surface area (Å²) in [4.78, 5) is 14.9. The quantitative estimate of drug-likeness (QED) is 0.917. The Hall–Kier alpha value is -1.85. The fourth-order valence-corrected chi connectivity index (χ4v) is 3.61. The molecule has 2 aliphatic rings. The highest BCUT2D eigenvalue weighted by Crippen LogP contribution is 2.29. The molecule has 2 saturated heterocycles. The van der Waals surface area contributed by atoms with E-state index in [0.717, 1.165) is 38.0 Å². The molecule has 2 fully saturated rings. The van der Waals surface area contributed by atoms with E-state index in [1.54, 1.807) is 4.68 Å². The van der Waals surface area contributed by atoms with Crippen LogP contribution in [0.1, 0.15) is 29.8 Å². The van der Waals surface area contributed by atoms with Crippen LogP contribution in [0.25, 0.3) is 5.69 Å². The summed E-state index contributed by atoms with van der Waals surface area (Å²) in [5.74, 6) is 0.0749. The van der Waals surface area contributed by atoms with Crippen molar-refractivity contribution in [2.24, 2.45) is 0 Å². The number of amides is 1. The lowest BCUT2D eigenvalue weighted by Gasteiger charge is -2.27. The second-order valence-electron chi connectivity index (χ2n) is 6.07. The Morgan fingerprint density at radius 3 is 2.70 bits per heavy atom. The van der Waals surface area contributed by atoms with Crippen molar-refractivity contribution in [3.8, 4) is 5.69 Å². The predicted molar refractivity (Wildman–Crippen MR) is 91.3 cm³/mol. The Morgan fingerprint density at radius 2 is 1.87 bits per heavy atom. The van der Waals surface area contributed by atoms with Crippen molar-refractivity contribution in [2.75, 3.05) is 13.1 Å². The van der Waals surface area contributed by atoms with E-state index in [9.17, 15) is 4.79 Å². The number of carbonyl (C=O) groups excluding carboxylic acids is 1. The van der Waals surface area contributed by atoms with Crippen molar-refractivity contribution in [2.45, 2.75) is 31.3 Å². The summed E-state index contributed by atoms with van der Waals surface area (Å²) in [5, 5.41) is 7.91. The van der Waals surface area contributed by atoms with Crippen LogP contribution >= 0.6 is 12.4 Å². The minimum atomic E-state index is 0. The van der Waals surface area contributed by atoms with Crippen molar-refractivity contribution in [1.82, 2.24) is 20.0 Å². The molecule has 0 spiro atoms. The zero-order valence-corrected chi connectivity index (χ0v) is 13.7. The first kappa shape index (κ1) is 16.0. The summed E-state index contributed by atoms with van der Waals surface area (Å²) in [6, 6.07) is 12.4. The number of hydrogen-bond donors (Lipinski definition) is 1. The van der Waals surface area contributed by atoms with Gasteiger partial charge >= 0.3 is 0 Å². The molecule has 0 radical (unpaired) electrons. The molecule has 2 unspecified atom stereocenters. The van der Waals surface area contributed by atoms with Gasteiger partial charge in [0.2, 0.25) is 0 Å². The van der Waals surface area contributed by atoms with Crippen molar-refractivity contribution in [1.29, 1.82) is 0 Å². The lowest BCUT2D eigenvalue weighted by atomic mass is 10.1. The van der Waals surface area contributed by atoms with E-state index in [2.05, 4.69) is 15.3 Å². The van der Waals surface area contributed by atoms with E-state index in [0.29, 0.717) is 17.8 Å². The Morgan fingerprint density at radius 1 is 1.09 bits per heavy atom. The first-order valence-corrected chi connectivity index (χ1v) is 7.97. The fraction of sp³-hybridized carbons (Fsp3) is 0.412. The molecular formula is C17H21ClN4O. The molecule has 23 heavy (non-hydrogen) atoms. The Bertz CT molecular complexity index is 658. The van der Waals surface area contributed by atoms with Crippen molar-refractivity contribution < 1.29 is 4.79 Å². The number of nitrogens with zero attached hydrogens (tertiary/aromatic N) is 3. The highest BCUT2D eigenvalue weighted by atomic mass is 35.5. The van der Waals surface area contributed by atoms with Gasteiger partial charge in [-0.25, -0.2) is 4.68 Å². The van der Waals surface area contributed by atoms with Gasteiger partial charge in [0.1, 0.15) is 0 Å². The number of halogens is 1. The molecule has 1 N–H and O–H groups in total. The second-order valence-corrected chi connectivity index (χ2v) is 6.07. The minimum Gasteiger partial charge on any atom is -0.330 e. The molecule has 5 nitrogen and oxygen atoms in total. The van der Waals surface area contributed by atoms with Gasteiger partial charge in [0.05, 0.1) is 5.69 Å². The van der Waals surface area contributed by atoms with Crippen molar-refractivity contribution >= 4 is 18.3 Å². The van der Waals surface area contributed by atoms with Gasteiger partial charge in [-0.15, -0.1) is 12.4 Å². The third-order valence-corrected chi connectivity index (χ3v) is 4.72. The Labute approximate surface area is 142 Å². The van der Waals surface area contributed by atoms with Gasteiger partial charge in [0.15, 0.2) is 5.69 Å². The molecule has 122 valence electrons. The summed E-state index contributed by atoms with van der Waals surface area (Å²) >= 11 is 0. The van der Waals surface area contributed by atoms with Crippen LogP contribution in [0.4, 0.5) is 0 Å². The third-order valence-electron chi connectivity index (χ3n) is 4.72. The molecule has 6 heteroatoms. The summed E-state index contributed by atoms with van der Waals surface area (Å²) in [6.07, 6.45) is 5.13. The fourth-order valence-electron chi connectivity index (χ4n) is 3.61. The van der Waals surface area contributed by atoms with Crippen LogP contribution in [0.5, 0.6) is 0 Å². The monoisotopic (exact) mass is 332 g/mol. The maximum atomic E-state index is 12.9. The van der Waals surface area contributed by atoms with Crippen LogP contribution in [0.2, 0.25) is 0 Å². The van der Waals surface area contributed by atoms with E-state index in [4.69, 9.17) is 0 Å². The average Bonchev–Trinajstić information content (AvgIpc) is 3.12. The van der Waals surface area contributed by atoms with Crippen LogP contribution < -0.4 is 5.32 Å². The highest BCUT2D eigenvalue weighted by Gasteiger charge is 2.38. The van der Waals surface area contributed by atoms with E-state index in [-0.39, 0.29) is 18.3 Å². The van der Waals surface area contributed by atoms with Crippen molar-refractivity contribution in [3.63, 3.8) is 0 Å². The second kappa shape index (κ2) is 6.72. The van der Waals surface area contributed by atoms with E-state index in [1.807, 2.05) is 42.6 Å². The van der Waals surface area contributed by atoms with Gasteiger partial charge in [0.25, 0.3) is 5.91 Å². The lowest BCUT2D eigenvalue weighted by Crippen LogP contribution is -2.42. The van der Waals surface area contributed by atoms with Crippen LogP contribution in [0.3, 0.4) is 0 Å². The number of rotatable bonds is 2. The number of benzene rings is 1. The highest BCUT2D eigenvalue weighted by molar-refractivity contribution is 5.93. The van der Waals surface area contributed by atoms with E-state index in [1.165, 1.54) is 0 Å². The summed E-state index contributed by atoms with van der Waals surface area (Å²) in [6.45, 7) is 1.91. The largest absolute Gasteiger partial charge is 0.330 e. The molecule has 1 amide bonds. The maximum Gasteiger partial charge on any atom is 0.274 e. The van der Waals surface area contributed by atoms with Gasteiger partial charge in [-0.2, -0.15) is 5.10 Å². The van der Waals surface area contributed by atoms with Crippen LogP contribution in [-0.4, -0.2) is 45.8 Å². The topological polar surface area (TPSA) is 50.2 Å². The van der Waals surface area contributed by atoms with Crippen molar-refractivity contribution in [3.05, 3.63) is 48.3 Å². The summed E-state index contributed by atoms with van der Waals surface area (Å²) < 4.78 is 1.77. The molecule has 1 aromatic heterocycles. The molecule has 2 aromatic rings. The first-order chi connectivity index (χ1) is 10.8. The zero-order chi connectivity index (χ0) is 14.9. The molecule has 0 aliphatic carbocycles. The van der Waals surface area contributed by atoms with Gasteiger partial charge in [-0.3, -0.25) is 4.79 Å². The molecule has 3 heterocycles. The van der Waals surface area contributed by atoms with Gasteiger partial charge in [-0.05, 0) is 44.0 Å². The van der Waals surface area contributed by atoms with Crippen LogP contribution in [0.15, 0.2) is 42.6 Å². The number of fused-ring (bicyclic) bond motifs is 2. The Balaban J connectivity index is 0.00000156. The smallest absolute Gasteiger partial charge is 0.274 e. The number of nitrogens with one attached hydrogen (secondary N) is 1. The van der Waals surface area contributed by atoms with Crippen LogP contribution in [0, 0.1) is 0 Å². The number of aromatic nitrogens is 2. The van der Waals surface area contributed by atoms with Gasteiger partial charge in [-0.1, -0.05) is 18.2 Å². The molecule has 4 rings (SSSR count). The lowest BCUT2D eigenvalue weighted by molar-refractivity contribution is 0.0673. The predicted octanol–water partition coefficient (Wildman–Crippen LogP) is 2.26. The standard InChI is InChI=1S/C17H20N4O.ClH/c22-17(21-14-6-7-15(21)12-18-10-8-14)16-9-11-20(19-16)13-4-2-1-3-5-13;/h1-5,9,11,14-15,18H,6-8,10,12H2;1H. The van der Waals surface area contributed by atoms with E-state index < -0.39 is 0 Å². The average molecular weight is 333 g/mol. The SMILES string of the molecule is Cl.O=C(c1ccn(-c2ccccc2)n1)N1C2CCNCC1CC2. The summed E-state index contributed by atoms with van der Waals surface area (Å²) in [5.41, 5.74) is 1.52. The number of para-hydroxylation sites is 1. The number of hydrogen-bond acceptors (Lipinski definition) is 3. The molecule has 2 aliphatic heterocycles. The third kappa shape index (κ3) is 2.99. The molecule has 2 bridgehead atoms.